The van der Waals surface area contributed by atoms with Crippen molar-refractivity contribution in [3.63, 3.8) is 0 Å². The lowest BCUT2D eigenvalue weighted by molar-refractivity contribution is 0.218. The third-order valence-electron chi connectivity index (χ3n) is 3.48. The first-order chi connectivity index (χ1) is 9.26. The van der Waals surface area contributed by atoms with Crippen LogP contribution in [0.5, 0.6) is 0 Å². The third kappa shape index (κ3) is 2.69. The predicted octanol–water partition coefficient (Wildman–Crippen LogP) is 1.70. The van der Waals surface area contributed by atoms with Crippen LogP contribution in [0.4, 0.5) is 0 Å². The molecular formula is C13H18N4OS. The maximum Gasteiger partial charge on any atom is 0.275 e. The van der Waals surface area contributed by atoms with Crippen molar-refractivity contribution in [1.29, 1.82) is 0 Å². The van der Waals surface area contributed by atoms with Crippen LogP contribution < -0.4 is 5.56 Å². The van der Waals surface area contributed by atoms with Gasteiger partial charge in [0, 0.05) is 12.6 Å². The van der Waals surface area contributed by atoms with Gasteiger partial charge in [0.1, 0.15) is 5.01 Å². The Kier molecular flexibility index (Phi) is 3.61. The first kappa shape index (κ1) is 12.7. The van der Waals surface area contributed by atoms with Gasteiger partial charge in [-0.3, -0.25) is 9.69 Å². The zero-order valence-corrected chi connectivity index (χ0v) is 11.9. The highest BCUT2D eigenvalue weighted by atomic mass is 32.1. The summed E-state index contributed by atoms with van der Waals surface area (Å²) in [6.07, 6.45) is 4.67. The molecule has 3 rings (SSSR count). The van der Waals surface area contributed by atoms with Crippen LogP contribution >= 0.6 is 11.3 Å². The molecule has 0 radical (unpaired) electrons. The molecule has 0 atom stereocenters. The van der Waals surface area contributed by atoms with Gasteiger partial charge in [-0.15, -0.1) is 0 Å². The van der Waals surface area contributed by atoms with E-state index in [-0.39, 0.29) is 5.56 Å². The summed E-state index contributed by atoms with van der Waals surface area (Å²) in [4.78, 5) is 19.7. The van der Waals surface area contributed by atoms with Gasteiger partial charge in [0.15, 0.2) is 0 Å². The Hall–Kier alpha value is -1.27. The SMILES string of the molecule is CCc1nn2c(=O)cc(CN3CCCCC3)nc2s1. The first-order valence-corrected chi connectivity index (χ1v) is 7.69. The molecule has 1 aliphatic rings. The number of hydrogen-bond acceptors (Lipinski definition) is 5. The minimum atomic E-state index is -0.0621. The van der Waals surface area contributed by atoms with Crippen LogP contribution in [0.2, 0.25) is 0 Å². The second-order valence-corrected chi connectivity index (χ2v) is 6.01. The number of likely N-dealkylation sites (tertiary alicyclic amines) is 1. The van der Waals surface area contributed by atoms with Gasteiger partial charge in [-0.25, -0.2) is 4.98 Å². The molecule has 1 saturated heterocycles. The molecule has 5 nitrogen and oxygen atoms in total. The topological polar surface area (TPSA) is 50.5 Å². The van der Waals surface area contributed by atoms with Crippen molar-refractivity contribution in [3.05, 3.63) is 27.1 Å². The largest absolute Gasteiger partial charge is 0.298 e. The van der Waals surface area contributed by atoms with E-state index in [1.165, 1.54) is 35.1 Å². The van der Waals surface area contributed by atoms with Crippen molar-refractivity contribution in [2.75, 3.05) is 13.1 Å². The Bertz CT molecular complexity index is 627. The van der Waals surface area contributed by atoms with Crippen molar-refractivity contribution in [1.82, 2.24) is 19.5 Å². The molecule has 0 saturated carbocycles. The Balaban J connectivity index is 1.89. The van der Waals surface area contributed by atoms with E-state index in [4.69, 9.17) is 0 Å². The first-order valence-electron chi connectivity index (χ1n) is 6.87. The van der Waals surface area contributed by atoms with Crippen LogP contribution in [0.3, 0.4) is 0 Å². The Labute approximate surface area is 115 Å². The number of aromatic nitrogens is 3. The van der Waals surface area contributed by atoms with E-state index >= 15 is 0 Å². The van der Waals surface area contributed by atoms with Gasteiger partial charge in [0.05, 0.1) is 5.69 Å². The summed E-state index contributed by atoms with van der Waals surface area (Å²) in [5, 5.41) is 5.22. The van der Waals surface area contributed by atoms with Crippen molar-refractivity contribution < 1.29 is 0 Å². The molecule has 3 heterocycles. The standard InChI is InChI=1S/C13H18N4OS/c1-2-11-15-17-12(18)8-10(14-13(17)19-11)9-16-6-4-3-5-7-16/h8H,2-7,9H2,1H3. The highest BCUT2D eigenvalue weighted by Gasteiger charge is 2.13. The number of nitrogens with zero attached hydrogens (tertiary/aromatic N) is 4. The molecule has 19 heavy (non-hydrogen) atoms. The summed E-state index contributed by atoms with van der Waals surface area (Å²) in [6, 6.07) is 1.63. The molecule has 6 heteroatoms. The predicted molar refractivity (Wildman–Crippen MR) is 75.6 cm³/mol. The number of aryl methyl sites for hydroxylation is 1. The van der Waals surface area contributed by atoms with Crippen LogP contribution in [0.15, 0.2) is 10.9 Å². The highest BCUT2D eigenvalue weighted by molar-refractivity contribution is 7.16. The number of fused-ring (bicyclic) bond motifs is 1. The molecule has 1 aliphatic heterocycles. The lowest BCUT2D eigenvalue weighted by atomic mass is 10.1. The van der Waals surface area contributed by atoms with Crippen LogP contribution in [0.25, 0.3) is 4.96 Å². The molecule has 0 aromatic carbocycles. The summed E-state index contributed by atoms with van der Waals surface area (Å²) in [5.74, 6) is 0. The second-order valence-electron chi connectivity index (χ2n) is 4.97. The fourth-order valence-electron chi connectivity index (χ4n) is 2.47. The van der Waals surface area contributed by atoms with Crippen molar-refractivity contribution in [3.8, 4) is 0 Å². The van der Waals surface area contributed by atoms with E-state index in [2.05, 4.69) is 15.0 Å². The molecule has 0 N–H and O–H groups in total. The van der Waals surface area contributed by atoms with Gasteiger partial charge >= 0.3 is 0 Å². The lowest BCUT2D eigenvalue weighted by Gasteiger charge is -2.25. The van der Waals surface area contributed by atoms with E-state index in [1.807, 2.05) is 6.92 Å². The maximum atomic E-state index is 12.0. The summed E-state index contributed by atoms with van der Waals surface area (Å²) >= 11 is 1.51. The average molecular weight is 278 g/mol. The van der Waals surface area contributed by atoms with Gasteiger partial charge < -0.3 is 0 Å². The van der Waals surface area contributed by atoms with E-state index < -0.39 is 0 Å². The van der Waals surface area contributed by atoms with Crippen LogP contribution in [-0.4, -0.2) is 32.6 Å². The molecule has 0 aliphatic carbocycles. The van der Waals surface area contributed by atoms with Crippen molar-refractivity contribution >= 4 is 16.3 Å². The summed E-state index contributed by atoms with van der Waals surface area (Å²) < 4.78 is 1.42. The van der Waals surface area contributed by atoms with Crippen molar-refractivity contribution in [2.24, 2.45) is 0 Å². The number of rotatable bonds is 3. The lowest BCUT2D eigenvalue weighted by Crippen LogP contribution is -2.30. The van der Waals surface area contributed by atoms with E-state index in [9.17, 15) is 4.79 Å². The number of piperidine rings is 1. The molecule has 2 aromatic heterocycles. The molecular weight excluding hydrogens is 260 g/mol. The Morgan fingerprint density at radius 3 is 2.84 bits per heavy atom. The van der Waals surface area contributed by atoms with Crippen LogP contribution in [0, 0.1) is 0 Å². The molecule has 2 aromatic rings. The quantitative estimate of drug-likeness (QED) is 0.857. The van der Waals surface area contributed by atoms with Gasteiger partial charge in [-0.2, -0.15) is 9.61 Å². The zero-order chi connectivity index (χ0) is 13.2. The fourth-order valence-corrected chi connectivity index (χ4v) is 3.32. The van der Waals surface area contributed by atoms with E-state index in [0.717, 1.165) is 41.7 Å². The fraction of sp³-hybridized carbons (Fsp3) is 0.615. The number of hydrogen-bond donors (Lipinski definition) is 0. The van der Waals surface area contributed by atoms with Gasteiger partial charge in [-0.1, -0.05) is 24.7 Å². The van der Waals surface area contributed by atoms with Gasteiger partial charge in [-0.05, 0) is 32.4 Å². The summed E-state index contributed by atoms with van der Waals surface area (Å²) in [6.45, 7) is 5.05. The average Bonchev–Trinajstić information content (AvgIpc) is 2.83. The monoisotopic (exact) mass is 278 g/mol. The molecule has 0 spiro atoms. The summed E-state index contributed by atoms with van der Waals surface area (Å²) in [5.41, 5.74) is 0.811. The summed E-state index contributed by atoms with van der Waals surface area (Å²) in [7, 11) is 0. The highest BCUT2D eigenvalue weighted by Crippen LogP contribution is 2.14. The zero-order valence-electron chi connectivity index (χ0n) is 11.1. The Morgan fingerprint density at radius 2 is 2.11 bits per heavy atom. The smallest absolute Gasteiger partial charge is 0.275 e. The van der Waals surface area contributed by atoms with Gasteiger partial charge in [0.2, 0.25) is 4.96 Å². The third-order valence-corrected chi connectivity index (χ3v) is 4.53. The van der Waals surface area contributed by atoms with E-state index in [1.54, 1.807) is 6.07 Å². The molecule has 0 amide bonds. The molecule has 0 bridgehead atoms. The van der Waals surface area contributed by atoms with Crippen molar-refractivity contribution in [2.45, 2.75) is 39.2 Å². The van der Waals surface area contributed by atoms with E-state index in [0.29, 0.717) is 0 Å². The molecule has 0 unspecified atom stereocenters. The maximum absolute atomic E-state index is 12.0. The minimum Gasteiger partial charge on any atom is -0.298 e. The van der Waals surface area contributed by atoms with Crippen LogP contribution in [-0.2, 0) is 13.0 Å². The molecule has 1 fully saturated rings. The second kappa shape index (κ2) is 5.38. The van der Waals surface area contributed by atoms with Gasteiger partial charge in [0.25, 0.3) is 5.56 Å². The minimum absolute atomic E-state index is 0.0621. The Morgan fingerprint density at radius 1 is 1.32 bits per heavy atom. The normalized spacial score (nSPS) is 17.1. The molecule has 102 valence electrons. The van der Waals surface area contributed by atoms with Crippen LogP contribution in [0.1, 0.15) is 36.9 Å².